The highest BCUT2D eigenvalue weighted by atomic mass is 35.5. The van der Waals surface area contributed by atoms with Crippen LogP contribution in [-0.4, -0.2) is 11.9 Å². The van der Waals surface area contributed by atoms with Crippen LogP contribution in [0.3, 0.4) is 0 Å². The van der Waals surface area contributed by atoms with Crippen molar-refractivity contribution in [2.75, 3.05) is 4.90 Å². The Hall–Kier alpha value is -2.79. The minimum absolute atomic E-state index is 0.297. The van der Waals surface area contributed by atoms with Gasteiger partial charge in [-0.15, -0.1) is 9.47 Å². The Morgan fingerprint density at radius 3 is 2.57 bits per heavy atom. The number of carbonyl (C=O) groups excluding carboxylic acids is 2. The third kappa shape index (κ3) is 2.01. The first kappa shape index (κ1) is 13.8. The highest BCUT2D eigenvalue weighted by Crippen LogP contribution is 2.22. The second-order valence-corrected chi connectivity index (χ2v) is 5.87. The fourth-order valence-corrected chi connectivity index (χ4v) is 2.92. The minimum atomic E-state index is -0.393. The number of aromatic amines is 1. The topological polar surface area (TPSA) is 55.4 Å². The van der Waals surface area contributed by atoms with Gasteiger partial charge < -0.3 is 0 Å². The van der Waals surface area contributed by atoms with Gasteiger partial charge in [-0.3, -0.25) is 0 Å². The second-order valence-electron chi connectivity index (χ2n) is 5.43. The molecule has 0 spiro atoms. The number of hydrogen-bond donors (Lipinski definition) is 0. The van der Waals surface area contributed by atoms with Gasteiger partial charge in [0.15, 0.2) is 0 Å². The lowest BCUT2D eigenvalue weighted by Gasteiger charge is -2.04. The first-order chi connectivity index (χ1) is 11.1. The molecule has 2 amide bonds. The molecule has 0 radical (unpaired) electrons. The van der Waals surface area contributed by atoms with Crippen molar-refractivity contribution in [2.24, 2.45) is 0 Å². The molecule has 5 nitrogen and oxygen atoms in total. The number of nitrogens with zero attached hydrogens (tertiary/aromatic N) is 2. The largest absolute Gasteiger partial charge is 0.512 e. The van der Waals surface area contributed by atoms with E-state index in [1.807, 2.05) is 19.1 Å². The summed E-state index contributed by atoms with van der Waals surface area (Å²) in [6.07, 6.45) is 1.53. The summed E-state index contributed by atoms with van der Waals surface area (Å²) in [6.45, 7) is 1.95. The lowest BCUT2D eigenvalue weighted by atomic mass is 10.2. The van der Waals surface area contributed by atoms with Crippen LogP contribution in [0, 0.1) is 6.92 Å². The van der Waals surface area contributed by atoms with E-state index in [-0.39, 0.29) is 5.91 Å². The maximum Gasteiger partial charge on any atom is 0.512 e. The Bertz CT molecular complexity index is 983. The molecule has 4 rings (SSSR count). The average Bonchev–Trinajstić information content (AvgIpc) is 2.80. The second kappa shape index (κ2) is 4.86. The van der Waals surface area contributed by atoms with Crippen molar-refractivity contribution < 1.29 is 19.1 Å². The highest BCUT2D eigenvalue weighted by Gasteiger charge is 2.49. The number of anilines is 1. The predicted octanol–water partition coefficient (Wildman–Crippen LogP) is 2.53. The summed E-state index contributed by atoms with van der Waals surface area (Å²) in [5, 5.41) is 0.557. The molecule has 0 unspecified atom stereocenters. The Kier molecular flexibility index (Phi) is 2.92. The molecule has 0 saturated carbocycles. The van der Waals surface area contributed by atoms with Crippen LogP contribution < -0.4 is 14.5 Å². The maximum atomic E-state index is 12.8. The molecule has 2 heterocycles. The van der Waals surface area contributed by atoms with Crippen molar-refractivity contribution >= 4 is 40.3 Å². The Morgan fingerprint density at radius 2 is 1.83 bits per heavy atom. The zero-order chi connectivity index (χ0) is 16.1. The minimum Gasteiger partial charge on any atom is -0.236 e. The van der Waals surface area contributed by atoms with E-state index in [4.69, 9.17) is 11.6 Å². The third-order valence-electron chi connectivity index (χ3n) is 3.90. The summed E-state index contributed by atoms with van der Waals surface area (Å²) < 4.78 is 1.41. The normalized spacial score (nSPS) is 13.7. The molecule has 0 saturated heterocycles. The van der Waals surface area contributed by atoms with Crippen molar-refractivity contribution in [3.63, 3.8) is 0 Å². The smallest absolute Gasteiger partial charge is 0.236 e. The van der Waals surface area contributed by atoms with Crippen molar-refractivity contribution in [1.82, 2.24) is 0 Å². The van der Waals surface area contributed by atoms with E-state index in [1.54, 1.807) is 30.3 Å². The number of aryl methyl sites for hydroxylation is 1. The van der Waals surface area contributed by atoms with Gasteiger partial charge in [-0.25, -0.2) is 9.78 Å². The number of benzene rings is 2. The van der Waals surface area contributed by atoms with E-state index in [0.29, 0.717) is 27.4 Å². The van der Waals surface area contributed by atoms with Gasteiger partial charge in [-0.2, -0.15) is 4.79 Å². The van der Waals surface area contributed by atoms with Crippen molar-refractivity contribution in [1.29, 1.82) is 0 Å². The van der Waals surface area contributed by atoms with Gasteiger partial charge >= 0.3 is 11.9 Å². The Labute approximate surface area is 136 Å². The molecular weight excluding hydrogens is 314 g/mol. The monoisotopic (exact) mass is 325 g/mol. The van der Waals surface area contributed by atoms with Crippen molar-refractivity contribution in [3.8, 4) is 0 Å². The van der Waals surface area contributed by atoms with E-state index in [1.165, 1.54) is 15.7 Å². The van der Waals surface area contributed by atoms with E-state index < -0.39 is 6.03 Å². The van der Waals surface area contributed by atoms with Crippen molar-refractivity contribution in [3.05, 3.63) is 64.9 Å². The summed E-state index contributed by atoms with van der Waals surface area (Å²) in [7, 11) is 0. The summed E-state index contributed by atoms with van der Waals surface area (Å²) in [5.74, 6) is -0.355. The molecule has 1 N–H and O–H groups in total. The lowest BCUT2D eigenvalue weighted by Crippen LogP contribution is -2.47. The van der Waals surface area contributed by atoms with Gasteiger partial charge in [-0.1, -0.05) is 29.3 Å². The number of imide groups is 1. The van der Waals surface area contributed by atoms with Gasteiger partial charge in [0, 0.05) is 11.1 Å². The molecule has 1 aromatic heterocycles. The third-order valence-corrected chi connectivity index (χ3v) is 4.14. The number of nitrogens with one attached hydrogen (secondary N) is 1. The molecule has 112 valence electrons. The molecule has 0 atom stereocenters. The van der Waals surface area contributed by atoms with Crippen LogP contribution in [0.4, 0.5) is 10.5 Å². The molecule has 0 bridgehead atoms. The predicted molar refractivity (Wildman–Crippen MR) is 84.5 cm³/mol. The molecule has 6 heteroatoms. The van der Waals surface area contributed by atoms with E-state index in [2.05, 4.69) is 4.98 Å². The molecule has 0 fully saturated rings. The quantitative estimate of drug-likeness (QED) is 0.646. The number of rotatable bonds is 1. The fraction of sp³-hybridized carbons (Fsp3) is 0.0588. The average molecular weight is 326 g/mol. The molecule has 0 aliphatic carbocycles. The zero-order valence-corrected chi connectivity index (χ0v) is 13.0. The molecule has 2 aromatic carbocycles. The molecule has 3 aromatic rings. The number of halogens is 1. The lowest BCUT2D eigenvalue weighted by molar-refractivity contribution is -0.551. The van der Waals surface area contributed by atoms with Crippen LogP contribution in [0.15, 0.2) is 48.7 Å². The molecule has 1 aliphatic rings. The number of fused-ring (bicyclic) bond motifs is 3. The van der Waals surface area contributed by atoms with Crippen LogP contribution in [0.1, 0.15) is 16.1 Å². The first-order valence-electron chi connectivity index (χ1n) is 7.08. The zero-order valence-electron chi connectivity index (χ0n) is 12.2. The van der Waals surface area contributed by atoms with E-state index in [9.17, 15) is 9.59 Å². The number of hydrogen-bond acceptors (Lipinski definition) is 2. The van der Waals surface area contributed by atoms with E-state index >= 15 is 0 Å². The summed E-state index contributed by atoms with van der Waals surface area (Å²) in [6, 6.07) is 12.0. The summed E-state index contributed by atoms with van der Waals surface area (Å²) in [4.78, 5) is 29.7. The molecular formula is C17H12ClN3O2+2. The van der Waals surface area contributed by atoms with Crippen LogP contribution in [-0.2, 0) is 0 Å². The number of aromatic nitrogens is 2. The first-order valence-corrected chi connectivity index (χ1v) is 7.45. The standard InChI is InChI=1S/C17H11ClN3O2/c1-10-2-5-12(6-3-10)20-16(22)15-9-19-13-8-11(18)4-7-14(13)21(15)17(20)23/h2-9H,1H3/q+1/p+1. The van der Waals surface area contributed by atoms with Crippen LogP contribution in [0.5, 0.6) is 0 Å². The Morgan fingerprint density at radius 1 is 1.09 bits per heavy atom. The number of amides is 2. The maximum absolute atomic E-state index is 12.8. The van der Waals surface area contributed by atoms with E-state index in [0.717, 1.165) is 5.56 Å². The number of carbonyl (C=O) groups is 2. The van der Waals surface area contributed by atoms with Crippen LogP contribution >= 0.6 is 11.6 Å². The Balaban J connectivity index is 1.92. The van der Waals surface area contributed by atoms with Gasteiger partial charge in [0.05, 0.1) is 0 Å². The summed E-state index contributed by atoms with van der Waals surface area (Å²) in [5.41, 5.74) is 3.21. The number of H-pyrrole nitrogens is 1. The molecule has 1 aliphatic heterocycles. The fourth-order valence-electron chi connectivity index (χ4n) is 2.75. The van der Waals surface area contributed by atoms with Gasteiger partial charge in [0.1, 0.15) is 5.69 Å². The summed E-state index contributed by atoms with van der Waals surface area (Å²) >= 11 is 5.98. The molecule has 23 heavy (non-hydrogen) atoms. The van der Waals surface area contributed by atoms with Gasteiger partial charge in [-0.05, 0) is 31.2 Å². The van der Waals surface area contributed by atoms with Gasteiger partial charge in [0.2, 0.25) is 11.7 Å². The van der Waals surface area contributed by atoms with Gasteiger partial charge in [0.25, 0.3) is 11.2 Å². The van der Waals surface area contributed by atoms with Crippen LogP contribution in [0.2, 0.25) is 5.02 Å². The van der Waals surface area contributed by atoms with Crippen molar-refractivity contribution in [2.45, 2.75) is 6.92 Å². The highest BCUT2D eigenvalue weighted by molar-refractivity contribution is 6.31. The van der Waals surface area contributed by atoms with Crippen LogP contribution in [0.25, 0.3) is 11.0 Å². The SMILES string of the molecule is Cc1ccc(N2C(=O)c3c[nH+]c4cc(Cl)ccc4[n+]3C2=O)cc1.